The Kier molecular flexibility index (Phi) is 4.75. The molecule has 1 amide bonds. The lowest BCUT2D eigenvalue weighted by Crippen LogP contribution is -2.13. The van der Waals surface area contributed by atoms with Crippen LogP contribution in [0, 0.1) is 0 Å². The van der Waals surface area contributed by atoms with Crippen molar-refractivity contribution in [3.05, 3.63) is 63.1 Å². The third kappa shape index (κ3) is 3.36. The first-order valence-corrected chi connectivity index (χ1v) is 7.22. The predicted molar refractivity (Wildman–Crippen MR) is 89.4 cm³/mol. The molecule has 0 bridgehead atoms. The van der Waals surface area contributed by atoms with Crippen molar-refractivity contribution >= 4 is 56.3 Å². The Hall–Kier alpha value is -1.43. The van der Waals surface area contributed by atoms with Crippen LogP contribution in [-0.4, -0.2) is 10.9 Å². The molecule has 0 spiro atoms. The number of nitrogens with one attached hydrogen (secondary N) is 1. The maximum absolute atomic E-state index is 12.1. The summed E-state index contributed by atoms with van der Waals surface area (Å²) >= 11 is 14.2. The van der Waals surface area contributed by atoms with Crippen LogP contribution >= 0.6 is 39.7 Å². The molecule has 2 aromatic carbocycles. The zero-order valence-electron chi connectivity index (χ0n) is 10.2. The molecule has 3 N–H and O–H groups in total. The first-order chi connectivity index (χ1) is 9.49. The summed E-state index contributed by atoms with van der Waals surface area (Å²) in [6, 6.07) is 12.0. The summed E-state index contributed by atoms with van der Waals surface area (Å²) in [5.74, 6) is -0.234. The molecule has 3 nitrogen and oxygen atoms in total. The summed E-state index contributed by atoms with van der Waals surface area (Å²) in [6.45, 7) is 0. The van der Waals surface area contributed by atoms with Gasteiger partial charge in [-0.25, -0.2) is 0 Å². The summed E-state index contributed by atoms with van der Waals surface area (Å²) < 4.78 is 0.648. The predicted octanol–water partition coefficient (Wildman–Crippen LogP) is 3.99. The van der Waals surface area contributed by atoms with Gasteiger partial charge in [-0.05, 0) is 40.2 Å². The van der Waals surface area contributed by atoms with Gasteiger partial charge >= 0.3 is 0 Å². The van der Waals surface area contributed by atoms with Gasteiger partial charge in [-0.3, -0.25) is 4.79 Å². The van der Waals surface area contributed by atoms with Gasteiger partial charge in [0.2, 0.25) is 0 Å². The Bertz CT molecular complexity index is 673. The van der Waals surface area contributed by atoms with Crippen LogP contribution in [0.3, 0.4) is 0 Å². The van der Waals surface area contributed by atoms with Gasteiger partial charge in [-0.2, -0.15) is 0 Å². The van der Waals surface area contributed by atoms with Gasteiger partial charge in [0, 0.05) is 11.1 Å². The number of hydrogen-bond acceptors (Lipinski definition) is 2. The molecule has 0 aliphatic carbocycles. The average molecular weight is 370 g/mol. The van der Waals surface area contributed by atoms with Crippen molar-refractivity contribution in [2.75, 3.05) is 5.32 Å². The van der Waals surface area contributed by atoms with Crippen LogP contribution < -0.4 is 11.1 Å². The van der Waals surface area contributed by atoms with Crippen molar-refractivity contribution in [3.8, 4) is 0 Å². The highest BCUT2D eigenvalue weighted by molar-refractivity contribution is 9.10. The fourth-order valence-corrected chi connectivity index (χ4v) is 2.25. The second-order valence-corrected chi connectivity index (χ2v) is 5.64. The smallest absolute Gasteiger partial charge is 0.255 e. The van der Waals surface area contributed by atoms with Crippen LogP contribution in [0.15, 0.2) is 46.9 Å². The zero-order chi connectivity index (χ0) is 14.7. The van der Waals surface area contributed by atoms with Crippen molar-refractivity contribution in [2.24, 2.45) is 5.73 Å². The molecule has 0 saturated carbocycles. The molecule has 0 fully saturated rings. The van der Waals surface area contributed by atoms with E-state index in [2.05, 4.69) is 21.2 Å². The van der Waals surface area contributed by atoms with Crippen molar-refractivity contribution in [3.63, 3.8) is 0 Å². The van der Waals surface area contributed by atoms with Crippen molar-refractivity contribution in [1.29, 1.82) is 0 Å². The molecule has 0 aliphatic rings. The van der Waals surface area contributed by atoms with Crippen LogP contribution in [0.2, 0.25) is 5.02 Å². The van der Waals surface area contributed by atoms with Gasteiger partial charge in [0.05, 0.1) is 15.2 Å². The van der Waals surface area contributed by atoms with Gasteiger partial charge in [0.25, 0.3) is 5.91 Å². The third-order valence-electron chi connectivity index (χ3n) is 2.63. The maximum atomic E-state index is 12.1. The number of carbonyl (C=O) groups is 1. The number of carbonyl (C=O) groups excluding carboxylic acids is 1. The van der Waals surface area contributed by atoms with E-state index < -0.39 is 0 Å². The standard InChI is InChI=1S/C14H10BrClN2OS/c15-12-10(16)2-1-3-11(12)18-14(19)9-6-4-8(5-7-9)13(17)20/h1-7H,(H2,17,20)(H,18,19). The number of halogens is 2. The molecule has 0 aromatic heterocycles. The van der Waals surface area contributed by atoms with Crippen LogP contribution in [0.1, 0.15) is 15.9 Å². The summed E-state index contributed by atoms with van der Waals surface area (Å²) in [5, 5.41) is 3.32. The van der Waals surface area contributed by atoms with E-state index in [1.54, 1.807) is 42.5 Å². The monoisotopic (exact) mass is 368 g/mol. The SMILES string of the molecule is NC(=S)c1ccc(C(=O)Nc2cccc(Cl)c2Br)cc1. The van der Waals surface area contributed by atoms with Gasteiger partial charge in [-0.1, -0.05) is 42.0 Å². The summed E-state index contributed by atoms with van der Waals surface area (Å²) in [5.41, 5.74) is 7.36. The zero-order valence-corrected chi connectivity index (χ0v) is 13.3. The molecular formula is C14H10BrClN2OS. The highest BCUT2D eigenvalue weighted by Gasteiger charge is 2.10. The minimum absolute atomic E-state index is 0.234. The minimum atomic E-state index is -0.234. The highest BCUT2D eigenvalue weighted by Crippen LogP contribution is 2.30. The molecule has 20 heavy (non-hydrogen) atoms. The number of hydrogen-bond donors (Lipinski definition) is 2. The Balaban J connectivity index is 2.20. The number of thiocarbonyl (C=S) groups is 1. The first kappa shape index (κ1) is 15.0. The Morgan fingerprint density at radius 3 is 2.35 bits per heavy atom. The number of benzene rings is 2. The largest absolute Gasteiger partial charge is 0.389 e. The molecule has 102 valence electrons. The number of anilines is 1. The molecule has 0 radical (unpaired) electrons. The molecule has 2 rings (SSSR count). The number of rotatable bonds is 3. The number of nitrogens with two attached hydrogens (primary N) is 1. The lowest BCUT2D eigenvalue weighted by molar-refractivity contribution is 0.102. The second kappa shape index (κ2) is 6.35. The molecule has 0 saturated heterocycles. The third-order valence-corrected chi connectivity index (χ3v) is 4.26. The lowest BCUT2D eigenvalue weighted by atomic mass is 10.1. The van der Waals surface area contributed by atoms with Crippen molar-refractivity contribution < 1.29 is 4.79 Å². The Morgan fingerprint density at radius 2 is 1.75 bits per heavy atom. The van der Waals surface area contributed by atoms with Crippen LogP contribution in [0.25, 0.3) is 0 Å². The maximum Gasteiger partial charge on any atom is 0.255 e. The molecule has 6 heteroatoms. The fraction of sp³-hybridized carbons (Fsp3) is 0. The summed E-state index contributed by atoms with van der Waals surface area (Å²) in [6.07, 6.45) is 0. The van der Waals surface area contributed by atoms with E-state index in [1.807, 2.05) is 0 Å². The quantitative estimate of drug-likeness (QED) is 0.804. The van der Waals surface area contributed by atoms with Gasteiger partial charge in [0.15, 0.2) is 0 Å². The van der Waals surface area contributed by atoms with E-state index in [4.69, 9.17) is 29.6 Å². The van der Waals surface area contributed by atoms with Gasteiger partial charge < -0.3 is 11.1 Å². The van der Waals surface area contributed by atoms with Gasteiger partial charge in [-0.15, -0.1) is 0 Å². The van der Waals surface area contributed by atoms with Crippen LogP contribution in [0.5, 0.6) is 0 Å². The normalized spacial score (nSPS) is 10.1. The minimum Gasteiger partial charge on any atom is -0.389 e. The average Bonchev–Trinajstić information content (AvgIpc) is 2.44. The molecule has 0 unspecified atom stereocenters. The highest BCUT2D eigenvalue weighted by atomic mass is 79.9. The van der Waals surface area contributed by atoms with E-state index in [-0.39, 0.29) is 5.91 Å². The van der Waals surface area contributed by atoms with Crippen molar-refractivity contribution in [1.82, 2.24) is 0 Å². The van der Waals surface area contributed by atoms with Gasteiger partial charge in [0.1, 0.15) is 4.99 Å². The molecule has 0 heterocycles. The summed E-state index contributed by atoms with van der Waals surface area (Å²) in [7, 11) is 0. The number of amides is 1. The topological polar surface area (TPSA) is 55.1 Å². The van der Waals surface area contributed by atoms with Crippen LogP contribution in [-0.2, 0) is 0 Å². The Labute approximate surface area is 135 Å². The lowest BCUT2D eigenvalue weighted by Gasteiger charge is -2.08. The van der Waals surface area contributed by atoms with E-state index >= 15 is 0 Å². The molecule has 0 atom stereocenters. The van der Waals surface area contributed by atoms with E-state index in [1.165, 1.54) is 0 Å². The van der Waals surface area contributed by atoms with E-state index in [0.717, 1.165) is 5.56 Å². The second-order valence-electron chi connectivity index (χ2n) is 4.00. The van der Waals surface area contributed by atoms with Crippen LogP contribution in [0.4, 0.5) is 5.69 Å². The summed E-state index contributed by atoms with van der Waals surface area (Å²) in [4.78, 5) is 12.4. The van der Waals surface area contributed by atoms with E-state index in [9.17, 15) is 4.79 Å². The Morgan fingerprint density at radius 1 is 1.15 bits per heavy atom. The molecule has 2 aromatic rings. The van der Waals surface area contributed by atoms with Crippen molar-refractivity contribution in [2.45, 2.75) is 0 Å². The fourth-order valence-electron chi connectivity index (χ4n) is 1.58. The van der Waals surface area contributed by atoms with E-state index in [0.29, 0.717) is 25.7 Å². The first-order valence-electron chi connectivity index (χ1n) is 5.64. The molecule has 0 aliphatic heterocycles. The molecular weight excluding hydrogens is 360 g/mol.